The maximum atomic E-state index is 13.5. The molecule has 1 aromatic heterocycles. The highest BCUT2D eigenvalue weighted by atomic mass is 32.2. The van der Waals surface area contributed by atoms with Gasteiger partial charge in [0.25, 0.3) is 0 Å². The number of aromatic nitrogens is 2. The highest BCUT2D eigenvalue weighted by molar-refractivity contribution is 7.99. The molecule has 0 unspecified atom stereocenters. The van der Waals surface area contributed by atoms with Crippen molar-refractivity contribution < 1.29 is 9.18 Å². The normalized spacial score (nSPS) is 15.0. The zero-order valence-corrected chi connectivity index (χ0v) is 13.7. The van der Waals surface area contributed by atoms with Gasteiger partial charge in [-0.05, 0) is 25.0 Å². The summed E-state index contributed by atoms with van der Waals surface area (Å²) in [7, 11) is 0. The smallest absolute Gasteiger partial charge is 0.226 e. The van der Waals surface area contributed by atoms with Gasteiger partial charge in [0.1, 0.15) is 11.6 Å². The Bertz CT molecular complexity index is 667. The second-order valence-electron chi connectivity index (χ2n) is 5.68. The number of anilines is 1. The van der Waals surface area contributed by atoms with Gasteiger partial charge in [0.05, 0.1) is 12.2 Å². The van der Waals surface area contributed by atoms with Crippen molar-refractivity contribution in [3.63, 3.8) is 0 Å². The zero-order chi connectivity index (χ0) is 16.1. The summed E-state index contributed by atoms with van der Waals surface area (Å²) >= 11 is 1.36. The van der Waals surface area contributed by atoms with Crippen molar-refractivity contribution in [2.24, 2.45) is 0 Å². The van der Waals surface area contributed by atoms with Crippen LogP contribution in [0, 0.1) is 5.82 Å². The van der Waals surface area contributed by atoms with Gasteiger partial charge in [-0.3, -0.25) is 4.79 Å². The standard InChI is InChI=1S/C17H20FN3OS/c18-14-7-3-4-8-15(14)23-12-10-17(22)20-16-9-11-19-21(16)13-5-1-2-6-13/h3-4,7-9,11,13H,1-2,5-6,10,12H2,(H,20,22). The molecule has 1 saturated carbocycles. The third-order valence-electron chi connectivity index (χ3n) is 4.03. The van der Waals surface area contributed by atoms with E-state index in [1.807, 2.05) is 10.7 Å². The molecule has 0 bridgehead atoms. The number of carbonyl (C=O) groups is 1. The Morgan fingerprint density at radius 1 is 1.30 bits per heavy atom. The van der Waals surface area contributed by atoms with Crippen molar-refractivity contribution in [3.8, 4) is 0 Å². The predicted octanol–water partition coefficient (Wildman–Crippen LogP) is 4.26. The number of amides is 1. The summed E-state index contributed by atoms with van der Waals surface area (Å²) in [6, 6.07) is 8.85. The van der Waals surface area contributed by atoms with Crippen molar-refractivity contribution in [1.29, 1.82) is 0 Å². The van der Waals surface area contributed by atoms with Gasteiger partial charge in [0, 0.05) is 23.1 Å². The molecule has 6 heteroatoms. The first-order chi connectivity index (χ1) is 11.2. The number of nitrogens with zero attached hydrogens (tertiary/aromatic N) is 2. The molecule has 1 N–H and O–H groups in total. The molecule has 23 heavy (non-hydrogen) atoms. The maximum Gasteiger partial charge on any atom is 0.226 e. The molecule has 3 rings (SSSR count). The number of rotatable bonds is 6. The first-order valence-electron chi connectivity index (χ1n) is 7.95. The largest absolute Gasteiger partial charge is 0.311 e. The van der Waals surface area contributed by atoms with Crippen molar-refractivity contribution >= 4 is 23.5 Å². The number of benzene rings is 1. The molecular formula is C17H20FN3OS. The first kappa shape index (κ1) is 16.1. The van der Waals surface area contributed by atoms with E-state index >= 15 is 0 Å². The molecule has 4 nitrogen and oxygen atoms in total. The van der Waals surface area contributed by atoms with Crippen LogP contribution in [-0.4, -0.2) is 21.4 Å². The van der Waals surface area contributed by atoms with E-state index < -0.39 is 0 Å². The SMILES string of the molecule is O=C(CCSc1ccccc1F)Nc1ccnn1C1CCCC1. The summed E-state index contributed by atoms with van der Waals surface area (Å²) in [4.78, 5) is 12.7. The quantitative estimate of drug-likeness (QED) is 0.804. The van der Waals surface area contributed by atoms with Gasteiger partial charge in [0.2, 0.25) is 5.91 Å². The van der Waals surface area contributed by atoms with Gasteiger partial charge in [-0.15, -0.1) is 11.8 Å². The highest BCUT2D eigenvalue weighted by Gasteiger charge is 2.20. The molecular weight excluding hydrogens is 313 g/mol. The molecule has 1 aliphatic carbocycles. The van der Waals surface area contributed by atoms with Crippen LogP contribution in [0.4, 0.5) is 10.2 Å². The van der Waals surface area contributed by atoms with E-state index in [0.717, 1.165) is 18.7 Å². The molecule has 0 aliphatic heterocycles. The van der Waals surface area contributed by atoms with Crippen LogP contribution < -0.4 is 5.32 Å². The van der Waals surface area contributed by atoms with Crippen molar-refractivity contribution in [2.75, 3.05) is 11.1 Å². The van der Waals surface area contributed by atoms with E-state index in [4.69, 9.17) is 0 Å². The number of nitrogens with one attached hydrogen (secondary N) is 1. The summed E-state index contributed by atoms with van der Waals surface area (Å²) in [5, 5.41) is 7.26. The lowest BCUT2D eigenvalue weighted by Gasteiger charge is -2.14. The van der Waals surface area contributed by atoms with Gasteiger partial charge in [0.15, 0.2) is 0 Å². The predicted molar refractivity (Wildman–Crippen MR) is 90.1 cm³/mol. The molecule has 0 spiro atoms. The summed E-state index contributed by atoms with van der Waals surface area (Å²) in [6.45, 7) is 0. The average Bonchev–Trinajstić information content (AvgIpc) is 3.20. The first-order valence-corrected chi connectivity index (χ1v) is 8.93. The molecule has 1 aromatic carbocycles. The second-order valence-corrected chi connectivity index (χ2v) is 6.81. The van der Waals surface area contributed by atoms with Crippen LogP contribution in [0.15, 0.2) is 41.4 Å². The van der Waals surface area contributed by atoms with Crippen molar-refractivity contribution in [1.82, 2.24) is 9.78 Å². The molecule has 0 saturated heterocycles. The summed E-state index contributed by atoms with van der Waals surface area (Å²) in [5.74, 6) is 1.01. The van der Waals surface area contributed by atoms with Crippen LogP contribution in [0.1, 0.15) is 38.1 Å². The zero-order valence-electron chi connectivity index (χ0n) is 12.9. The van der Waals surface area contributed by atoms with Crippen LogP contribution in [0.5, 0.6) is 0 Å². The number of halogens is 1. The molecule has 1 aliphatic rings. The van der Waals surface area contributed by atoms with E-state index in [2.05, 4.69) is 10.4 Å². The minimum Gasteiger partial charge on any atom is -0.311 e. The fourth-order valence-electron chi connectivity index (χ4n) is 2.87. The van der Waals surface area contributed by atoms with Crippen LogP contribution in [-0.2, 0) is 4.79 Å². The molecule has 1 fully saturated rings. The topological polar surface area (TPSA) is 46.9 Å². The summed E-state index contributed by atoms with van der Waals surface area (Å²) in [6.07, 6.45) is 6.74. The Morgan fingerprint density at radius 3 is 2.87 bits per heavy atom. The Hall–Kier alpha value is -1.82. The lowest BCUT2D eigenvalue weighted by Crippen LogP contribution is -2.17. The van der Waals surface area contributed by atoms with Gasteiger partial charge in [-0.25, -0.2) is 9.07 Å². The lowest BCUT2D eigenvalue weighted by molar-refractivity contribution is -0.115. The number of thioether (sulfide) groups is 1. The lowest BCUT2D eigenvalue weighted by atomic mass is 10.2. The van der Waals surface area contributed by atoms with E-state index in [1.165, 1.54) is 30.7 Å². The second kappa shape index (κ2) is 7.64. The van der Waals surface area contributed by atoms with E-state index in [1.54, 1.807) is 24.4 Å². The number of hydrogen-bond acceptors (Lipinski definition) is 3. The Kier molecular flexibility index (Phi) is 5.33. The van der Waals surface area contributed by atoms with E-state index in [0.29, 0.717) is 23.1 Å². The molecule has 1 amide bonds. The molecule has 0 radical (unpaired) electrons. The van der Waals surface area contributed by atoms with Crippen LogP contribution in [0.3, 0.4) is 0 Å². The van der Waals surface area contributed by atoms with Gasteiger partial charge in [-0.2, -0.15) is 5.10 Å². The van der Waals surface area contributed by atoms with Crippen LogP contribution in [0.25, 0.3) is 0 Å². The number of hydrogen-bond donors (Lipinski definition) is 1. The van der Waals surface area contributed by atoms with E-state index in [-0.39, 0.29) is 11.7 Å². The summed E-state index contributed by atoms with van der Waals surface area (Å²) < 4.78 is 15.4. The minimum atomic E-state index is -0.239. The Balaban J connectivity index is 1.50. The molecule has 2 aromatic rings. The molecule has 122 valence electrons. The van der Waals surface area contributed by atoms with Crippen molar-refractivity contribution in [3.05, 3.63) is 42.3 Å². The molecule has 1 heterocycles. The fraction of sp³-hybridized carbons (Fsp3) is 0.412. The number of carbonyl (C=O) groups excluding carboxylic acids is 1. The fourth-order valence-corrected chi connectivity index (χ4v) is 3.76. The van der Waals surface area contributed by atoms with E-state index in [9.17, 15) is 9.18 Å². The third-order valence-corrected chi connectivity index (χ3v) is 5.08. The Morgan fingerprint density at radius 2 is 2.09 bits per heavy atom. The van der Waals surface area contributed by atoms with Crippen LogP contribution >= 0.6 is 11.8 Å². The average molecular weight is 333 g/mol. The van der Waals surface area contributed by atoms with Gasteiger partial charge >= 0.3 is 0 Å². The van der Waals surface area contributed by atoms with Crippen molar-refractivity contribution in [2.45, 2.75) is 43.0 Å². The third kappa shape index (κ3) is 4.13. The Labute approximate surface area is 139 Å². The molecule has 0 atom stereocenters. The summed E-state index contributed by atoms with van der Waals surface area (Å²) in [5.41, 5.74) is 0. The van der Waals surface area contributed by atoms with Gasteiger partial charge in [-0.1, -0.05) is 25.0 Å². The highest BCUT2D eigenvalue weighted by Crippen LogP contribution is 2.31. The van der Waals surface area contributed by atoms with Gasteiger partial charge < -0.3 is 5.32 Å². The maximum absolute atomic E-state index is 13.5. The minimum absolute atomic E-state index is 0.0615. The van der Waals surface area contributed by atoms with Crippen LogP contribution in [0.2, 0.25) is 0 Å². The monoisotopic (exact) mass is 333 g/mol.